The molecule has 18 heavy (non-hydrogen) atoms. The molecule has 4 heteroatoms. The van der Waals surface area contributed by atoms with Crippen LogP contribution in [-0.2, 0) is 11.3 Å². The van der Waals surface area contributed by atoms with Crippen LogP contribution >= 0.6 is 0 Å². The summed E-state index contributed by atoms with van der Waals surface area (Å²) >= 11 is 0. The molecule has 1 aliphatic heterocycles. The molecule has 3 nitrogen and oxygen atoms in total. The summed E-state index contributed by atoms with van der Waals surface area (Å²) in [6.45, 7) is 1.34. The van der Waals surface area contributed by atoms with E-state index in [0.717, 1.165) is 24.9 Å². The molecule has 98 valence electrons. The molecular formula is C14H19FN2O. The van der Waals surface area contributed by atoms with Crippen molar-refractivity contribution in [3.8, 4) is 0 Å². The van der Waals surface area contributed by atoms with Gasteiger partial charge in [0.15, 0.2) is 0 Å². The second kappa shape index (κ2) is 5.96. The Morgan fingerprint density at radius 2 is 2.06 bits per heavy atom. The van der Waals surface area contributed by atoms with E-state index in [1.54, 1.807) is 12.1 Å². The zero-order valence-electron chi connectivity index (χ0n) is 10.7. The Balaban J connectivity index is 1.99. The van der Waals surface area contributed by atoms with Crippen LogP contribution in [0.25, 0.3) is 0 Å². The number of benzene rings is 1. The average molecular weight is 250 g/mol. The number of carbonyl (C=O) groups is 1. The lowest BCUT2D eigenvalue weighted by Crippen LogP contribution is -2.30. The molecule has 0 bridgehead atoms. The first-order chi connectivity index (χ1) is 8.69. The molecule has 2 rings (SSSR count). The number of carbonyl (C=O) groups excluding carboxylic acids is 1. The Hall–Kier alpha value is -1.42. The van der Waals surface area contributed by atoms with Gasteiger partial charge < -0.3 is 10.2 Å². The van der Waals surface area contributed by atoms with Crippen LogP contribution in [0.15, 0.2) is 24.3 Å². The molecule has 1 aromatic carbocycles. The van der Waals surface area contributed by atoms with E-state index in [1.807, 2.05) is 11.9 Å². The molecule has 0 saturated carbocycles. The number of nitrogens with zero attached hydrogens (tertiary/aromatic N) is 1. The number of halogens is 1. The fourth-order valence-corrected chi connectivity index (χ4v) is 2.30. The molecular weight excluding hydrogens is 231 g/mol. The van der Waals surface area contributed by atoms with Gasteiger partial charge in [-0.3, -0.25) is 4.79 Å². The standard InChI is InChI=1S/C14H19FN2O/c1-16-13-6-7-14(18)17(9-8-13)10-11-2-4-12(15)5-3-11/h2-5,13,16H,6-10H2,1H3. The summed E-state index contributed by atoms with van der Waals surface area (Å²) in [5.74, 6) is -0.0479. The van der Waals surface area contributed by atoms with Crippen molar-refractivity contribution in [1.82, 2.24) is 10.2 Å². The zero-order valence-corrected chi connectivity index (χ0v) is 10.7. The van der Waals surface area contributed by atoms with E-state index in [4.69, 9.17) is 0 Å². The highest BCUT2D eigenvalue weighted by molar-refractivity contribution is 5.76. The smallest absolute Gasteiger partial charge is 0.222 e. The molecule has 1 saturated heterocycles. The second-order valence-electron chi connectivity index (χ2n) is 4.75. The predicted octanol–water partition coefficient (Wildman–Crippen LogP) is 1.93. The van der Waals surface area contributed by atoms with E-state index in [9.17, 15) is 9.18 Å². The van der Waals surface area contributed by atoms with Crippen molar-refractivity contribution in [1.29, 1.82) is 0 Å². The minimum Gasteiger partial charge on any atom is -0.338 e. The molecule has 0 aliphatic carbocycles. The van der Waals surface area contributed by atoms with Gasteiger partial charge in [0.25, 0.3) is 0 Å². The number of rotatable bonds is 3. The lowest BCUT2D eigenvalue weighted by molar-refractivity contribution is -0.131. The summed E-state index contributed by atoms with van der Waals surface area (Å²) in [6, 6.07) is 6.78. The normalized spacial score (nSPS) is 20.9. The van der Waals surface area contributed by atoms with Gasteiger partial charge in [0.05, 0.1) is 0 Å². The Kier molecular flexibility index (Phi) is 4.31. The number of hydrogen-bond acceptors (Lipinski definition) is 2. The summed E-state index contributed by atoms with van der Waals surface area (Å²) in [7, 11) is 1.94. The van der Waals surface area contributed by atoms with E-state index >= 15 is 0 Å². The summed E-state index contributed by atoms with van der Waals surface area (Å²) in [4.78, 5) is 13.8. The van der Waals surface area contributed by atoms with Crippen LogP contribution in [0, 0.1) is 5.82 Å². The van der Waals surface area contributed by atoms with Crippen molar-refractivity contribution in [2.24, 2.45) is 0 Å². The van der Waals surface area contributed by atoms with Crippen molar-refractivity contribution in [2.45, 2.75) is 31.8 Å². The molecule has 1 aromatic rings. The first-order valence-corrected chi connectivity index (χ1v) is 6.38. The molecule has 1 N–H and O–H groups in total. The van der Waals surface area contributed by atoms with Crippen LogP contribution in [0.5, 0.6) is 0 Å². The molecule has 1 unspecified atom stereocenters. The van der Waals surface area contributed by atoms with Gasteiger partial charge in [-0.1, -0.05) is 12.1 Å². The van der Waals surface area contributed by atoms with Crippen LogP contribution in [0.1, 0.15) is 24.8 Å². The van der Waals surface area contributed by atoms with E-state index in [0.29, 0.717) is 19.0 Å². The molecule has 1 atom stereocenters. The molecule has 1 fully saturated rings. The summed E-state index contributed by atoms with van der Waals surface area (Å²) in [5.41, 5.74) is 0.979. The van der Waals surface area contributed by atoms with Gasteiger partial charge in [0.2, 0.25) is 5.91 Å². The predicted molar refractivity (Wildman–Crippen MR) is 68.5 cm³/mol. The van der Waals surface area contributed by atoms with Gasteiger partial charge in [-0.05, 0) is 37.6 Å². The van der Waals surface area contributed by atoms with Crippen LogP contribution in [0.2, 0.25) is 0 Å². The Morgan fingerprint density at radius 3 is 2.72 bits per heavy atom. The third-order valence-corrected chi connectivity index (χ3v) is 3.50. The lowest BCUT2D eigenvalue weighted by Gasteiger charge is -2.21. The van der Waals surface area contributed by atoms with Gasteiger partial charge in [-0.25, -0.2) is 4.39 Å². The Morgan fingerprint density at radius 1 is 1.33 bits per heavy atom. The van der Waals surface area contributed by atoms with Crippen LogP contribution in [0.4, 0.5) is 4.39 Å². The summed E-state index contributed by atoms with van der Waals surface area (Å²) in [6.07, 6.45) is 2.46. The number of amides is 1. The van der Waals surface area contributed by atoms with Gasteiger partial charge >= 0.3 is 0 Å². The molecule has 0 spiro atoms. The fourth-order valence-electron chi connectivity index (χ4n) is 2.30. The Bertz CT molecular complexity index is 405. The average Bonchev–Trinajstić information content (AvgIpc) is 2.55. The van der Waals surface area contributed by atoms with Crippen molar-refractivity contribution in [3.05, 3.63) is 35.6 Å². The van der Waals surface area contributed by atoms with Gasteiger partial charge in [-0.15, -0.1) is 0 Å². The first-order valence-electron chi connectivity index (χ1n) is 6.38. The zero-order chi connectivity index (χ0) is 13.0. The maximum absolute atomic E-state index is 12.8. The minimum absolute atomic E-state index is 0.192. The van der Waals surface area contributed by atoms with Gasteiger partial charge in [-0.2, -0.15) is 0 Å². The second-order valence-corrected chi connectivity index (χ2v) is 4.75. The number of nitrogens with one attached hydrogen (secondary N) is 1. The SMILES string of the molecule is CNC1CCC(=O)N(Cc2ccc(F)cc2)CC1. The number of likely N-dealkylation sites (tertiary alicyclic amines) is 1. The number of hydrogen-bond donors (Lipinski definition) is 1. The van der Waals surface area contributed by atoms with E-state index in [-0.39, 0.29) is 11.7 Å². The molecule has 0 aromatic heterocycles. The van der Waals surface area contributed by atoms with E-state index < -0.39 is 0 Å². The Labute approximate surface area is 107 Å². The monoisotopic (exact) mass is 250 g/mol. The molecule has 1 amide bonds. The van der Waals surface area contributed by atoms with Crippen LogP contribution in [-0.4, -0.2) is 30.4 Å². The van der Waals surface area contributed by atoms with E-state index in [2.05, 4.69) is 5.32 Å². The van der Waals surface area contributed by atoms with Gasteiger partial charge in [0.1, 0.15) is 5.82 Å². The van der Waals surface area contributed by atoms with Gasteiger partial charge in [0, 0.05) is 25.6 Å². The quantitative estimate of drug-likeness (QED) is 0.889. The topological polar surface area (TPSA) is 32.3 Å². The molecule has 0 radical (unpaired) electrons. The fraction of sp³-hybridized carbons (Fsp3) is 0.500. The minimum atomic E-state index is -0.240. The highest BCUT2D eigenvalue weighted by atomic mass is 19.1. The highest BCUT2D eigenvalue weighted by Gasteiger charge is 2.21. The van der Waals surface area contributed by atoms with Crippen LogP contribution in [0.3, 0.4) is 0 Å². The van der Waals surface area contributed by atoms with Crippen LogP contribution < -0.4 is 5.32 Å². The van der Waals surface area contributed by atoms with Crippen molar-refractivity contribution < 1.29 is 9.18 Å². The van der Waals surface area contributed by atoms with Crippen molar-refractivity contribution in [2.75, 3.05) is 13.6 Å². The summed E-state index contributed by atoms with van der Waals surface area (Å²) in [5, 5.41) is 3.23. The molecule has 1 heterocycles. The van der Waals surface area contributed by atoms with Crippen molar-refractivity contribution >= 4 is 5.91 Å². The lowest BCUT2D eigenvalue weighted by atomic mass is 10.1. The maximum atomic E-state index is 12.8. The summed E-state index contributed by atoms with van der Waals surface area (Å²) < 4.78 is 12.8. The largest absolute Gasteiger partial charge is 0.338 e. The first kappa shape index (κ1) is 13.0. The van der Waals surface area contributed by atoms with E-state index in [1.165, 1.54) is 12.1 Å². The molecule has 1 aliphatic rings. The third-order valence-electron chi connectivity index (χ3n) is 3.50. The maximum Gasteiger partial charge on any atom is 0.222 e. The highest BCUT2D eigenvalue weighted by Crippen LogP contribution is 2.15. The van der Waals surface area contributed by atoms with Crippen molar-refractivity contribution in [3.63, 3.8) is 0 Å². The third kappa shape index (κ3) is 3.29.